The lowest BCUT2D eigenvalue weighted by Crippen LogP contribution is -2.40. The number of carbonyl (C=O) groups excluding carboxylic acids is 1. The smallest absolute Gasteiger partial charge is 0.362 e. The van der Waals surface area contributed by atoms with Crippen molar-refractivity contribution in [2.45, 2.75) is 25.8 Å². The van der Waals surface area contributed by atoms with Gasteiger partial charge in [0, 0.05) is 17.7 Å². The summed E-state index contributed by atoms with van der Waals surface area (Å²) in [5.41, 5.74) is 6.25. The lowest BCUT2D eigenvalue weighted by Gasteiger charge is -2.11. The maximum atomic E-state index is 12.8. The Morgan fingerprint density at radius 2 is 1.82 bits per heavy atom. The molecule has 6 nitrogen and oxygen atoms in total. The minimum absolute atomic E-state index is 0.263. The van der Waals surface area contributed by atoms with Crippen molar-refractivity contribution in [2.24, 2.45) is 0 Å². The van der Waals surface area contributed by atoms with Crippen molar-refractivity contribution in [3.63, 3.8) is 0 Å². The summed E-state index contributed by atoms with van der Waals surface area (Å²) in [4.78, 5) is 24.8. The highest BCUT2D eigenvalue weighted by molar-refractivity contribution is 7.12. The van der Waals surface area contributed by atoms with Crippen LogP contribution < -0.4 is 0 Å². The minimum atomic E-state index is -4.84. The zero-order chi connectivity index (χ0) is 17.3. The standard InChI is InChI=1S/C12H12F3N3O3Si/c1-22(2,3)11(17-16)10(19)7-4-8(12(13,14)15)6-9(5-7)18(20)21/h4-6H,1-3H3. The molecule has 0 aliphatic rings. The van der Waals surface area contributed by atoms with Crippen LogP contribution in [0.4, 0.5) is 18.9 Å². The van der Waals surface area contributed by atoms with Crippen LogP contribution in [-0.2, 0) is 6.18 Å². The van der Waals surface area contributed by atoms with Gasteiger partial charge in [0.1, 0.15) is 0 Å². The Kier molecular flexibility index (Phi) is 4.69. The number of hydrogen-bond acceptors (Lipinski definition) is 3. The van der Waals surface area contributed by atoms with Crippen LogP contribution in [-0.4, -0.2) is 28.9 Å². The topological polar surface area (TPSA) is 96.6 Å². The second kappa shape index (κ2) is 5.82. The summed E-state index contributed by atoms with van der Waals surface area (Å²) < 4.78 is 38.4. The number of carbonyl (C=O) groups is 1. The highest BCUT2D eigenvalue weighted by Crippen LogP contribution is 2.33. The van der Waals surface area contributed by atoms with E-state index in [0.29, 0.717) is 12.1 Å². The summed E-state index contributed by atoms with van der Waals surface area (Å²) in [6.07, 6.45) is -4.84. The van der Waals surface area contributed by atoms with Crippen LogP contribution in [0.1, 0.15) is 15.9 Å². The molecule has 0 atom stereocenters. The molecule has 118 valence electrons. The maximum Gasteiger partial charge on any atom is 0.416 e. The van der Waals surface area contributed by atoms with Crippen molar-refractivity contribution in [3.8, 4) is 0 Å². The molecule has 10 heteroatoms. The van der Waals surface area contributed by atoms with E-state index in [0.717, 1.165) is 6.07 Å². The van der Waals surface area contributed by atoms with E-state index in [2.05, 4.69) is 4.79 Å². The summed E-state index contributed by atoms with van der Waals surface area (Å²) >= 11 is 0. The Hall–Kier alpha value is -2.32. The number of ketones is 1. The number of rotatable bonds is 4. The van der Waals surface area contributed by atoms with Gasteiger partial charge in [-0.2, -0.15) is 18.0 Å². The first-order valence-corrected chi connectivity index (χ1v) is 9.52. The van der Waals surface area contributed by atoms with Gasteiger partial charge < -0.3 is 5.53 Å². The van der Waals surface area contributed by atoms with Gasteiger partial charge in [0.15, 0.2) is 8.07 Å². The first-order chi connectivity index (χ1) is 9.87. The number of hydrogen-bond donors (Lipinski definition) is 0. The number of nitro groups is 1. The van der Waals surface area contributed by atoms with Crippen molar-refractivity contribution in [1.82, 2.24) is 0 Å². The third-order valence-electron chi connectivity index (χ3n) is 2.74. The first-order valence-electron chi connectivity index (χ1n) is 6.02. The van der Waals surface area contributed by atoms with Gasteiger partial charge in [0.05, 0.1) is 10.5 Å². The molecule has 0 saturated heterocycles. The molecule has 1 rings (SSSR count). The van der Waals surface area contributed by atoms with E-state index in [9.17, 15) is 28.1 Å². The van der Waals surface area contributed by atoms with Gasteiger partial charge in [-0.3, -0.25) is 14.9 Å². The largest absolute Gasteiger partial charge is 0.416 e. The van der Waals surface area contributed by atoms with Gasteiger partial charge >= 0.3 is 11.5 Å². The second-order valence-corrected chi connectivity index (χ2v) is 10.5. The summed E-state index contributed by atoms with van der Waals surface area (Å²) in [5, 5.41) is 10.5. The average molecular weight is 331 g/mol. The fourth-order valence-electron chi connectivity index (χ4n) is 1.68. The van der Waals surface area contributed by atoms with Crippen molar-refractivity contribution >= 4 is 24.9 Å². The van der Waals surface area contributed by atoms with Crippen LogP contribution in [0.3, 0.4) is 0 Å². The fourth-order valence-corrected chi connectivity index (χ4v) is 2.81. The normalized spacial score (nSPS) is 11.7. The third-order valence-corrected chi connectivity index (χ3v) is 4.49. The van der Waals surface area contributed by atoms with Crippen molar-refractivity contribution < 1.29 is 27.7 Å². The lowest BCUT2D eigenvalue weighted by atomic mass is 10.1. The van der Waals surface area contributed by atoms with Crippen LogP contribution in [0.15, 0.2) is 18.2 Å². The van der Waals surface area contributed by atoms with Crippen LogP contribution in [0.25, 0.3) is 5.53 Å². The molecule has 0 bridgehead atoms. The quantitative estimate of drug-likeness (QED) is 0.161. The zero-order valence-electron chi connectivity index (χ0n) is 11.9. The van der Waals surface area contributed by atoms with E-state index in [1.165, 1.54) is 0 Å². The number of non-ortho nitro benzene ring substituents is 1. The molecule has 0 amide bonds. The summed E-state index contributed by atoms with van der Waals surface area (Å²) in [5.74, 6) is -0.948. The van der Waals surface area contributed by atoms with E-state index in [1.54, 1.807) is 19.6 Å². The van der Waals surface area contributed by atoms with E-state index in [4.69, 9.17) is 5.53 Å². The monoisotopic (exact) mass is 331 g/mol. The summed E-state index contributed by atoms with van der Waals surface area (Å²) in [6.45, 7) is 4.96. The van der Waals surface area contributed by atoms with E-state index < -0.39 is 41.8 Å². The Morgan fingerprint density at radius 1 is 1.27 bits per heavy atom. The van der Waals surface area contributed by atoms with Gasteiger partial charge in [-0.15, -0.1) is 0 Å². The highest BCUT2D eigenvalue weighted by Gasteiger charge is 2.39. The number of nitrogens with zero attached hydrogens (tertiary/aromatic N) is 3. The van der Waals surface area contributed by atoms with Crippen LogP contribution >= 0.6 is 0 Å². The second-order valence-electron chi connectivity index (χ2n) is 5.55. The Balaban J connectivity index is 3.54. The van der Waals surface area contributed by atoms with E-state index in [1.807, 2.05) is 0 Å². The molecule has 0 aliphatic carbocycles. The molecule has 0 unspecified atom stereocenters. The van der Waals surface area contributed by atoms with Gasteiger partial charge in [-0.05, 0) is 6.07 Å². The number of benzene rings is 1. The molecule has 0 fully saturated rings. The van der Waals surface area contributed by atoms with Crippen LogP contribution in [0.2, 0.25) is 19.6 Å². The first kappa shape index (κ1) is 17.7. The lowest BCUT2D eigenvalue weighted by molar-refractivity contribution is -0.385. The van der Waals surface area contributed by atoms with Gasteiger partial charge in [-0.1, -0.05) is 19.6 Å². The van der Waals surface area contributed by atoms with Gasteiger partial charge in [-0.25, -0.2) is 0 Å². The van der Waals surface area contributed by atoms with Crippen LogP contribution in [0, 0.1) is 10.1 Å². The molecule has 0 radical (unpaired) electrons. The van der Waals surface area contributed by atoms with Crippen molar-refractivity contribution in [2.75, 3.05) is 0 Å². The number of halogens is 3. The van der Waals surface area contributed by atoms with E-state index >= 15 is 0 Å². The van der Waals surface area contributed by atoms with E-state index in [-0.39, 0.29) is 5.33 Å². The van der Waals surface area contributed by atoms with Crippen molar-refractivity contribution in [3.05, 3.63) is 45.0 Å². The van der Waals surface area contributed by atoms with Gasteiger partial charge in [0.2, 0.25) is 0 Å². The maximum absolute atomic E-state index is 12.8. The summed E-state index contributed by atoms with van der Waals surface area (Å²) in [7, 11) is -2.44. The number of Topliss-reactive ketones (excluding diaryl/α,β-unsaturated/α-hetero) is 1. The Morgan fingerprint density at radius 3 is 2.18 bits per heavy atom. The Bertz CT molecular complexity index is 689. The number of alkyl halides is 3. The predicted molar refractivity (Wildman–Crippen MR) is 74.4 cm³/mol. The SMILES string of the molecule is C[Si](C)(C)C(=[N+]=[N-])C(=O)c1cc([N+](=O)[O-])cc(C(F)(F)F)c1. The molecule has 0 heterocycles. The molecular weight excluding hydrogens is 319 g/mol. The predicted octanol–water partition coefficient (Wildman–Crippen LogP) is 3.34. The number of nitro benzene ring substituents is 1. The molecule has 0 aliphatic heterocycles. The minimum Gasteiger partial charge on any atom is -0.362 e. The molecule has 0 spiro atoms. The molecule has 22 heavy (non-hydrogen) atoms. The Labute approximate surface area is 124 Å². The molecule has 0 aromatic heterocycles. The highest BCUT2D eigenvalue weighted by atomic mass is 28.3. The zero-order valence-corrected chi connectivity index (χ0v) is 12.9. The molecule has 0 N–H and O–H groups in total. The summed E-state index contributed by atoms with van der Waals surface area (Å²) in [6, 6.07) is 1.60. The molecule has 1 aromatic carbocycles. The third kappa shape index (κ3) is 3.86. The average Bonchev–Trinajstić information content (AvgIpc) is 2.36. The van der Waals surface area contributed by atoms with Crippen LogP contribution in [0.5, 0.6) is 0 Å². The molecule has 0 saturated carbocycles. The molecule has 1 aromatic rings. The molecular formula is C12H12F3N3O3Si. The fraction of sp³-hybridized carbons (Fsp3) is 0.333. The van der Waals surface area contributed by atoms with Gasteiger partial charge in [0.25, 0.3) is 11.5 Å². The van der Waals surface area contributed by atoms with Crippen molar-refractivity contribution in [1.29, 1.82) is 0 Å².